The zero-order valence-corrected chi connectivity index (χ0v) is 8.17. The topological polar surface area (TPSA) is 59.2 Å². The highest BCUT2D eigenvalue weighted by Gasteiger charge is 2.11. The molecule has 4 nitrogen and oxygen atoms in total. The summed E-state index contributed by atoms with van der Waals surface area (Å²) in [6.07, 6.45) is 1.48. The second-order valence-corrected chi connectivity index (χ2v) is 3.22. The SMILES string of the molecule is CN(C)c1ncc(Cl)cc1C(N)=O. The summed E-state index contributed by atoms with van der Waals surface area (Å²) in [6, 6.07) is 1.51. The number of nitrogens with two attached hydrogens (primary N) is 1. The lowest BCUT2D eigenvalue weighted by molar-refractivity contribution is 0.100. The molecule has 1 rings (SSSR count). The van der Waals surface area contributed by atoms with Crippen molar-refractivity contribution in [3.63, 3.8) is 0 Å². The molecule has 2 N–H and O–H groups in total. The largest absolute Gasteiger partial charge is 0.365 e. The van der Waals surface area contributed by atoms with Crippen LogP contribution in [0, 0.1) is 0 Å². The number of nitrogens with zero attached hydrogens (tertiary/aromatic N) is 2. The van der Waals surface area contributed by atoms with Gasteiger partial charge in [0.15, 0.2) is 0 Å². The minimum atomic E-state index is -0.529. The van der Waals surface area contributed by atoms with Crippen LogP contribution < -0.4 is 10.6 Å². The molecule has 0 aliphatic rings. The average molecular weight is 200 g/mol. The molecule has 1 heterocycles. The Hall–Kier alpha value is -1.29. The molecule has 13 heavy (non-hydrogen) atoms. The number of hydrogen-bond acceptors (Lipinski definition) is 3. The quantitative estimate of drug-likeness (QED) is 0.770. The average Bonchev–Trinajstić information content (AvgIpc) is 2.03. The lowest BCUT2D eigenvalue weighted by Crippen LogP contribution is -2.19. The summed E-state index contributed by atoms with van der Waals surface area (Å²) >= 11 is 5.68. The van der Waals surface area contributed by atoms with Crippen molar-refractivity contribution in [2.45, 2.75) is 0 Å². The summed E-state index contributed by atoms with van der Waals surface area (Å²) < 4.78 is 0. The number of aromatic nitrogens is 1. The zero-order valence-electron chi connectivity index (χ0n) is 7.41. The summed E-state index contributed by atoms with van der Waals surface area (Å²) in [4.78, 5) is 16.7. The fraction of sp³-hybridized carbons (Fsp3) is 0.250. The van der Waals surface area contributed by atoms with Crippen molar-refractivity contribution < 1.29 is 4.79 Å². The molecule has 70 valence electrons. The van der Waals surface area contributed by atoms with Crippen LogP contribution in [0.3, 0.4) is 0 Å². The molecule has 0 spiro atoms. The first-order valence-corrected chi connectivity index (χ1v) is 4.03. The Kier molecular flexibility index (Phi) is 2.72. The highest BCUT2D eigenvalue weighted by Crippen LogP contribution is 2.18. The fourth-order valence-corrected chi connectivity index (χ4v) is 1.13. The van der Waals surface area contributed by atoms with Crippen LogP contribution >= 0.6 is 11.6 Å². The van der Waals surface area contributed by atoms with Gasteiger partial charge in [-0.3, -0.25) is 4.79 Å². The van der Waals surface area contributed by atoms with Crippen LogP contribution in [0.1, 0.15) is 10.4 Å². The summed E-state index contributed by atoms with van der Waals surface area (Å²) in [5, 5.41) is 0.402. The molecule has 1 aromatic rings. The van der Waals surface area contributed by atoms with Crippen LogP contribution in [0.4, 0.5) is 5.82 Å². The molecule has 0 saturated heterocycles. The second-order valence-electron chi connectivity index (χ2n) is 2.78. The number of primary amides is 1. The number of hydrogen-bond donors (Lipinski definition) is 1. The minimum Gasteiger partial charge on any atom is -0.365 e. The van der Waals surface area contributed by atoms with Crippen molar-refractivity contribution in [2.75, 3.05) is 19.0 Å². The van der Waals surface area contributed by atoms with Gasteiger partial charge in [-0.15, -0.1) is 0 Å². The molecular formula is C8H10ClN3O. The van der Waals surface area contributed by atoms with E-state index in [1.54, 1.807) is 19.0 Å². The minimum absolute atomic E-state index is 0.331. The van der Waals surface area contributed by atoms with Gasteiger partial charge in [-0.1, -0.05) is 11.6 Å². The highest BCUT2D eigenvalue weighted by molar-refractivity contribution is 6.31. The molecular weight excluding hydrogens is 190 g/mol. The fourth-order valence-electron chi connectivity index (χ4n) is 0.970. The van der Waals surface area contributed by atoms with Crippen LogP contribution in [0.5, 0.6) is 0 Å². The number of halogens is 1. The molecule has 0 bridgehead atoms. The van der Waals surface area contributed by atoms with E-state index in [1.165, 1.54) is 12.3 Å². The van der Waals surface area contributed by atoms with E-state index in [0.717, 1.165) is 0 Å². The van der Waals surface area contributed by atoms with E-state index >= 15 is 0 Å². The zero-order chi connectivity index (χ0) is 10.0. The molecule has 1 amide bonds. The third-order valence-electron chi connectivity index (χ3n) is 1.52. The van der Waals surface area contributed by atoms with Gasteiger partial charge in [0, 0.05) is 20.3 Å². The highest BCUT2D eigenvalue weighted by atomic mass is 35.5. The number of pyridine rings is 1. The Morgan fingerprint density at radius 3 is 2.69 bits per heavy atom. The van der Waals surface area contributed by atoms with E-state index in [0.29, 0.717) is 16.4 Å². The van der Waals surface area contributed by atoms with Gasteiger partial charge in [0.05, 0.1) is 10.6 Å². The van der Waals surface area contributed by atoms with Crippen LogP contribution in [-0.2, 0) is 0 Å². The van der Waals surface area contributed by atoms with Crippen molar-refractivity contribution in [3.05, 3.63) is 22.8 Å². The van der Waals surface area contributed by atoms with E-state index in [2.05, 4.69) is 4.98 Å². The summed E-state index contributed by atoms with van der Waals surface area (Å²) in [7, 11) is 3.56. The summed E-state index contributed by atoms with van der Waals surface area (Å²) in [5.41, 5.74) is 5.49. The van der Waals surface area contributed by atoms with E-state index < -0.39 is 5.91 Å². The van der Waals surface area contributed by atoms with Gasteiger partial charge in [0.1, 0.15) is 5.82 Å². The smallest absolute Gasteiger partial charge is 0.252 e. The molecule has 0 aromatic carbocycles. The lowest BCUT2D eigenvalue weighted by Gasteiger charge is -2.13. The van der Waals surface area contributed by atoms with Crippen molar-refractivity contribution in [1.29, 1.82) is 0 Å². The number of rotatable bonds is 2. The van der Waals surface area contributed by atoms with Gasteiger partial charge in [-0.2, -0.15) is 0 Å². The van der Waals surface area contributed by atoms with E-state index in [-0.39, 0.29) is 0 Å². The number of carbonyl (C=O) groups excluding carboxylic acids is 1. The second kappa shape index (κ2) is 3.62. The van der Waals surface area contributed by atoms with Gasteiger partial charge in [-0.25, -0.2) is 4.98 Å². The van der Waals surface area contributed by atoms with Crippen LogP contribution in [0.25, 0.3) is 0 Å². The number of carbonyl (C=O) groups is 1. The van der Waals surface area contributed by atoms with Crippen LogP contribution in [-0.4, -0.2) is 25.0 Å². The van der Waals surface area contributed by atoms with Crippen molar-refractivity contribution in [1.82, 2.24) is 4.98 Å². The Morgan fingerprint density at radius 2 is 2.23 bits per heavy atom. The Labute approximate surface area is 81.3 Å². The number of amides is 1. The van der Waals surface area contributed by atoms with Gasteiger partial charge < -0.3 is 10.6 Å². The standard InChI is InChI=1S/C8H10ClN3O/c1-12(2)8-6(7(10)13)3-5(9)4-11-8/h3-4H,1-2H3,(H2,10,13). The first-order valence-electron chi connectivity index (χ1n) is 3.65. The maximum absolute atomic E-state index is 11.0. The Morgan fingerprint density at radius 1 is 1.62 bits per heavy atom. The predicted octanol–water partition coefficient (Wildman–Crippen LogP) is 0.900. The van der Waals surface area contributed by atoms with Gasteiger partial charge in [-0.05, 0) is 6.07 Å². The first kappa shape index (κ1) is 9.80. The third kappa shape index (κ3) is 2.09. The molecule has 0 aliphatic heterocycles. The van der Waals surface area contributed by atoms with Gasteiger partial charge >= 0.3 is 0 Å². The predicted molar refractivity (Wildman–Crippen MR) is 52.1 cm³/mol. The third-order valence-corrected chi connectivity index (χ3v) is 1.73. The monoisotopic (exact) mass is 199 g/mol. The van der Waals surface area contributed by atoms with E-state index in [9.17, 15) is 4.79 Å². The van der Waals surface area contributed by atoms with Gasteiger partial charge in [0.25, 0.3) is 5.91 Å². The summed E-state index contributed by atoms with van der Waals surface area (Å²) in [6.45, 7) is 0. The normalized spacial score (nSPS) is 9.77. The molecule has 0 aliphatic carbocycles. The number of anilines is 1. The molecule has 1 aromatic heterocycles. The van der Waals surface area contributed by atoms with Gasteiger partial charge in [0.2, 0.25) is 0 Å². The van der Waals surface area contributed by atoms with Crippen molar-refractivity contribution in [3.8, 4) is 0 Å². The first-order chi connectivity index (χ1) is 6.02. The lowest BCUT2D eigenvalue weighted by atomic mass is 10.2. The molecule has 0 saturated carbocycles. The van der Waals surface area contributed by atoms with Crippen molar-refractivity contribution >= 4 is 23.3 Å². The molecule has 5 heteroatoms. The molecule has 0 unspecified atom stereocenters. The maximum atomic E-state index is 11.0. The van der Waals surface area contributed by atoms with Crippen LogP contribution in [0.2, 0.25) is 5.02 Å². The Bertz CT molecular complexity index is 338. The molecule has 0 radical (unpaired) electrons. The Balaban J connectivity index is 3.27. The summed E-state index contributed by atoms with van der Waals surface area (Å²) in [5.74, 6) is -0.00407. The molecule has 0 fully saturated rings. The van der Waals surface area contributed by atoms with E-state index in [1.807, 2.05) is 0 Å². The van der Waals surface area contributed by atoms with Crippen molar-refractivity contribution in [2.24, 2.45) is 5.73 Å². The maximum Gasteiger partial charge on any atom is 0.252 e. The van der Waals surface area contributed by atoms with E-state index in [4.69, 9.17) is 17.3 Å². The molecule has 0 atom stereocenters. The van der Waals surface area contributed by atoms with Crippen LogP contribution in [0.15, 0.2) is 12.3 Å².